The second-order valence-electron chi connectivity index (χ2n) is 4.89. The number of ether oxygens (including phenoxy) is 2. The van der Waals surface area contributed by atoms with Gasteiger partial charge < -0.3 is 9.47 Å². The van der Waals surface area contributed by atoms with Gasteiger partial charge in [0, 0.05) is 5.57 Å². The maximum Gasteiger partial charge on any atom is 0.332 e. The number of allylic oxidation sites excluding steroid dienone is 2. The van der Waals surface area contributed by atoms with Crippen molar-refractivity contribution < 1.29 is 14.3 Å². The minimum absolute atomic E-state index is 0.347. The Morgan fingerprint density at radius 1 is 0.923 bits per heavy atom. The maximum atomic E-state index is 10.2. The van der Waals surface area contributed by atoms with Gasteiger partial charge in [0.25, 0.3) is 0 Å². The van der Waals surface area contributed by atoms with E-state index in [0.717, 1.165) is 11.3 Å². The Morgan fingerprint density at radius 3 is 1.81 bits per heavy atom. The van der Waals surface area contributed by atoms with Crippen molar-refractivity contribution in [1.82, 2.24) is 0 Å². The molecule has 0 aliphatic carbocycles. The normalized spacial score (nSPS) is 8.85. The fourth-order valence-electron chi connectivity index (χ4n) is 1.43. The smallest absolute Gasteiger partial charge is 0.332 e. The lowest BCUT2D eigenvalue weighted by Gasteiger charge is -1.98. The maximum absolute atomic E-state index is 10.2. The van der Waals surface area contributed by atoms with E-state index in [-0.39, 0.29) is 5.97 Å². The number of hydrogen-bond donors (Lipinski definition) is 0. The molecule has 26 heavy (non-hydrogen) atoms. The third-order valence-corrected chi connectivity index (χ3v) is 2.71. The molecule has 0 saturated heterocycles. The second kappa shape index (κ2) is 15.2. The molecular weight excluding hydrogens is 324 g/mol. The molecule has 0 aromatic heterocycles. The molecule has 0 amide bonds. The number of carbonyl (C=O) groups is 1. The van der Waals surface area contributed by atoms with Crippen LogP contribution < -0.4 is 4.74 Å². The summed E-state index contributed by atoms with van der Waals surface area (Å²) in [6.07, 6.45) is 6.91. The van der Waals surface area contributed by atoms with E-state index in [4.69, 9.17) is 4.74 Å². The second-order valence-corrected chi connectivity index (χ2v) is 4.89. The molecule has 0 atom stereocenters. The number of carbonyl (C=O) groups excluding carboxylic acids is 1. The third kappa shape index (κ3) is 12.1. The highest BCUT2D eigenvalue weighted by Gasteiger charge is 1.95. The molecule has 2 rings (SSSR count). The van der Waals surface area contributed by atoms with Crippen LogP contribution in [0.2, 0.25) is 0 Å². The van der Waals surface area contributed by atoms with Crippen molar-refractivity contribution in [3.8, 4) is 5.75 Å². The third-order valence-electron chi connectivity index (χ3n) is 2.71. The minimum atomic E-state index is -0.347. The lowest BCUT2D eigenvalue weighted by atomic mass is 10.2. The molecule has 3 heteroatoms. The van der Waals surface area contributed by atoms with Crippen LogP contribution in [-0.4, -0.2) is 13.1 Å². The number of rotatable bonds is 5. The molecular formula is C23H26O3. The first-order valence-corrected chi connectivity index (χ1v) is 7.95. The summed E-state index contributed by atoms with van der Waals surface area (Å²) in [7, 11) is 1.33. The van der Waals surface area contributed by atoms with E-state index < -0.39 is 0 Å². The molecule has 0 aliphatic rings. The van der Waals surface area contributed by atoms with Crippen molar-refractivity contribution in [3.63, 3.8) is 0 Å². The van der Waals surface area contributed by atoms with Gasteiger partial charge >= 0.3 is 5.97 Å². The summed E-state index contributed by atoms with van der Waals surface area (Å²) in [6, 6.07) is 19.8. The van der Waals surface area contributed by atoms with Gasteiger partial charge in [0.2, 0.25) is 0 Å². The summed E-state index contributed by atoms with van der Waals surface area (Å²) in [5.41, 5.74) is 1.57. The van der Waals surface area contributed by atoms with Crippen molar-refractivity contribution in [2.75, 3.05) is 7.11 Å². The summed E-state index contributed by atoms with van der Waals surface area (Å²) < 4.78 is 9.70. The van der Waals surface area contributed by atoms with Crippen LogP contribution in [0.1, 0.15) is 12.5 Å². The molecule has 0 spiro atoms. The van der Waals surface area contributed by atoms with Gasteiger partial charge in [0.05, 0.1) is 13.4 Å². The lowest BCUT2D eigenvalue weighted by Crippen LogP contribution is -1.98. The van der Waals surface area contributed by atoms with Gasteiger partial charge in [-0.05, 0) is 30.7 Å². The van der Waals surface area contributed by atoms with E-state index in [9.17, 15) is 4.79 Å². The van der Waals surface area contributed by atoms with Crippen molar-refractivity contribution >= 4 is 12.0 Å². The molecule has 0 fully saturated rings. The fourth-order valence-corrected chi connectivity index (χ4v) is 1.43. The summed E-state index contributed by atoms with van der Waals surface area (Å²) >= 11 is 0. The molecule has 0 unspecified atom stereocenters. The van der Waals surface area contributed by atoms with Gasteiger partial charge in [-0.25, -0.2) is 4.79 Å². The van der Waals surface area contributed by atoms with Crippen LogP contribution in [0.3, 0.4) is 0 Å². The van der Waals surface area contributed by atoms with Crippen LogP contribution in [0, 0.1) is 0 Å². The molecule has 0 bridgehead atoms. The van der Waals surface area contributed by atoms with Gasteiger partial charge in [-0.1, -0.05) is 80.4 Å². The first kappa shape index (κ1) is 22.7. The highest BCUT2D eigenvalue weighted by Crippen LogP contribution is 2.09. The van der Waals surface area contributed by atoms with Crippen LogP contribution >= 0.6 is 0 Å². The number of hydrogen-bond acceptors (Lipinski definition) is 3. The predicted molar refractivity (Wildman–Crippen MR) is 110 cm³/mol. The molecule has 2 aromatic carbocycles. The molecule has 136 valence electrons. The summed E-state index contributed by atoms with van der Waals surface area (Å²) in [5, 5.41) is 0. The highest BCUT2D eigenvalue weighted by molar-refractivity contribution is 5.86. The van der Waals surface area contributed by atoms with E-state index in [1.807, 2.05) is 66.7 Å². The quantitative estimate of drug-likeness (QED) is 0.294. The first-order chi connectivity index (χ1) is 12.5. The number of methoxy groups -OCH3 is 1. The molecule has 0 radical (unpaired) electrons. The summed E-state index contributed by atoms with van der Waals surface area (Å²) in [4.78, 5) is 10.2. The van der Waals surface area contributed by atoms with E-state index in [0.29, 0.717) is 5.57 Å². The van der Waals surface area contributed by atoms with E-state index >= 15 is 0 Å². The standard InChI is InChI=1S/C14H12O.C5H8O2.C4H6/c1-3-7-13(8-4-1)11-12-15-14-9-5-2-6-10-14;1-4(2)5(6)7-3;1-3-4-2/h1-12H;1H2,2-3H3;3-4H,1-2H2. The molecule has 2 aromatic rings. The Kier molecular flexibility index (Phi) is 13.3. The zero-order valence-electron chi connectivity index (χ0n) is 15.4. The Hall–Kier alpha value is -3.33. The van der Waals surface area contributed by atoms with Gasteiger partial charge in [0.15, 0.2) is 0 Å². The van der Waals surface area contributed by atoms with Crippen molar-refractivity contribution in [1.29, 1.82) is 0 Å². The SMILES string of the molecule is C(=Cc1ccccc1)Oc1ccccc1.C=C(C)C(=O)OC.C=CC=C. The van der Waals surface area contributed by atoms with Crippen LogP contribution in [0.5, 0.6) is 5.75 Å². The molecule has 0 aliphatic heterocycles. The van der Waals surface area contributed by atoms with Crippen LogP contribution in [-0.2, 0) is 9.53 Å². The zero-order chi connectivity index (χ0) is 19.6. The van der Waals surface area contributed by atoms with Crippen LogP contribution in [0.15, 0.2) is 104 Å². The predicted octanol–water partition coefficient (Wildman–Crippen LogP) is 5.83. The fraction of sp³-hybridized carbons (Fsp3) is 0.0870. The van der Waals surface area contributed by atoms with Gasteiger partial charge in [-0.2, -0.15) is 0 Å². The van der Waals surface area contributed by atoms with Crippen LogP contribution in [0.4, 0.5) is 0 Å². The average molecular weight is 350 g/mol. The average Bonchev–Trinajstić information content (AvgIpc) is 2.69. The zero-order valence-corrected chi connectivity index (χ0v) is 15.4. The van der Waals surface area contributed by atoms with E-state index in [2.05, 4.69) is 24.5 Å². The molecule has 3 nitrogen and oxygen atoms in total. The van der Waals surface area contributed by atoms with Crippen molar-refractivity contribution in [2.45, 2.75) is 6.92 Å². The molecule has 0 heterocycles. The monoisotopic (exact) mass is 350 g/mol. The van der Waals surface area contributed by atoms with E-state index in [1.54, 1.807) is 25.3 Å². The van der Waals surface area contributed by atoms with Gasteiger partial charge in [-0.3, -0.25) is 0 Å². The largest absolute Gasteiger partial charge is 0.466 e. The highest BCUT2D eigenvalue weighted by atomic mass is 16.5. The molecule has 0 N–H and O–H groups in total. The number of para-hydroxylation sites is 1. The van der Waals surface area contributed by atoms with Crippen molar-refractivity contribution in [3.05, 3.63) is 110 Å². The Morgan fingerprint density at radius 2 is 1.42 bits per heavy atom. The van der Waals surface area contributed by atoms with Gasteiger partial charge in [0.1, 0.15) is 5.75 Å². The van der Waals surface area contributed by atoms with E-state index in [1.165, 1.54) is 7.11 Å². The topological polar surface area (TPSA) is 35.5 Å². The van der Waals surface area contributed by atoms with Crippen molar-refractivity contribution in [2.24, 2.45) is 0 Å². The van der Waals surface area contributed by atoms with Gasteiger partial charge in [-0.15, -0.1) is 0 Å². The number of esters is 1. The summed E-state index contributed by atoms with van der Waals surface area (Å²) in [5.74, 6) is 0.504. The Balaban J connectivity index is 0.000000477. The number of benzene rings is 2. The summed E-state index contributed by atoms with van der Waals surface area (Å²) in [6.45, 7) is 11.7. The minimum Gasteiger partial charge on any atom is -0.466 e. The Bertz CT molecular complexity index is 680. The Labute approximate surface area is 156 Å². The lowest BCUT2D eigenvalue weighted by molar-refractivity contribution is -0.136. The van der Waals surface area contributed by atoms with Crippen LogP contribution in [0.25, 0.3) is 6.08 Å². The molecule has 0 saturated carbocycles. The first-order valence-electron chi connectivity index (χ1n) is 7.95.